The van der Waals surface area contributed by atoms with E-state index in [1.54, 1.807) is 0 Å². The second kappa shape index (κ2) is 3.56. The molecule has 0 amide bonds. The van der Waals surface area contributed by atoms with E-state index in [1.807, 2.05) is 0 Å². The molecule has 1 aliphatic carbocycles. The van der Waals surface area contributed by atoms with Crippen molar-refractivity contribution in [3.63, 3.8) is 0 Å². The molecule has 1 aliphatic heterocycles. The van der Waals surface area contributed by atoms with Gasteiger partial charge in [0.05, 0.1) is 13.2 Å². The van der Waals surface area contributed by atoms with Crippen LogP contribution in [0.1, 0.15) is 26.2 Å². The summed E-state index contributed by atoms with van der Waals surface area (Å²) in [5.74, 6) is 0.713. The van der Waals surface area contributed by atoms with Crippen LogP contribution in [0.25, 0.3) is 0 Å². The molecule has 76 valence electrons. The molecular formula is C10H18O3. The lowest BCUT2D eigenvalue weighted by atomic mass is 9.92. The fourth-order valence-electron chi connectivity index (χ4n) is 2.66. The van der Waals surface area contributed by atoms with Gasteiger partial charge in [-0.3, -0.25) is 0 Å². The summed E-state index contributed by atoms with van der Waals surface area (Å²) in [5, 5.41) is 8.89. The van der Waals surface area contributed by atoms with Crippen molar-refractivity contribution < 1.29 is 14.6 Å². The van der Waals surface area contributed by atoms with Crippen molar-refractivity contribution in [3.8, 4) is 0 Å². The monoisotopic (exact) mass is 186 g/mol. The standard InChI is InChI=1S/C10H18O3/c1-8-9(3-5-11)2-4-10(8)12-6-7-13-10/h8-9,11H,2-7H2,1H3/t8?,9-/m0/s1. The third kappa shape index (κ3) is 1.49. The van der Waals surface area contributed by atoms with Gasteiger partial charge in [-0.05, 0) is 18.8 Å². The molecule has 1 saturated carbocycles. The molecule has 1 heterocycles. The van der Waals surface area contributed by atoms with Crippen molar-refractivity contribution in [2.24, 2.45) is 11.8 Å². The third-order valence-electron chi connectivity index (χ3n) is 3.54. The Kier molecular flexibility index (Phi) is 2.58. The van der Waals surface area contributed by atoms with Crippen molar-refractivity contribution in [1.82, 2.24) is 0 Å². The topological polar surface area (TPSA) is 38.7 Å². The van der Waals surface area contributed by atoms with Gasteiger partial charge in [0, 0.05) is 18.9 Å². The van der Waals surface area contributed by atoms with Gasteiger partial charge in [0.15, 0.2) is 5.79 Å². The van der Waals surface area contributed by atoms with Gasteiger partial charge >= 0.3 is 0 Å². The Hall–Kier alpha value is -0.120. The summed E-state index contributed by atoms with van der Waals surface area (Å²) in [4.78, 5) is 0. The van der Waals surface area contributed by atoms with Gasteiger partial charge in [0.1, 0.15) is 0 Å². The smallest absolute Gasteiger partial charge is 0.171 e. The lowest BCUT2D eigenvalue weighted by Crippen LogP contribution is -2.34. The number of aliphatic hydroxyl groups excluding tert-OH is 1. The SMILES string of the molecule is CC1[C@H](CCO)CCC12OCCO2. The molecule has 0 radical (unpaired) electrons. The number of ether oxygens (including phenoxy) is 2. The first kappa shape index (κ1) is 9.44. The zero-order valence-corrected chi connectivity index (χ0v) is 8.16. The molecule has 2 atom stereocenters. The van der Waals surface area contributed by atoms with E-state index in [9.17, 15) is 0 Å². The van der Waals surface area contributed by atoms with E-state index in [2.05, 4.69) is 6.92 Å². The van der Waals surface area contributed by atoms with Gasteiger partial charge in [0.25, 0.3) is 0 Å². The van der Waals surface area contributed by atoms with Crippen LogP contribution in [0.3, 0.4) is 0 Å². The van der Waals surface area contributed by atoms with E-state index in [0.717, 1.165) is 32.5 Å². The Labute approximate surface area is 79.0 Å². The molecule has 0 aromatic carbocycles. The highest BCUT2D eigenvalue weighted by molar-refractivity contribution is 4.91. The molecule has 0 aromatic rings. The van der Waals surface area contributed by atoms with Crippen molar-refractivity contribution in [1.29, 1.82) is 0 Å². The predicted molar refractivity (Wildman–Crippen MR) is 48.2 cm³/mol. The van der Waals surface area contributed by atoms with Crippen LogP contribution < -0.4 is 0 Å². The van der Waals surface area contributed by atoms with Crippen molar-refractivity contribution in [2.45, 2.75) is 32.0 Å². The Morgan fingerprint density at radius 1 is 1.38 bits per heavy atom. The van der Waals surface area contributed by atoms with Crippen LogP contribution in [0.2, 0.25) is 0 Å². The Morgan fingerprint density at radius 2 is 2.08 bits per heavy atom. The predicted octanol–water partition coefficient (Wildman–Crippen LogP) is 1.16. The highest BCUT2D eigenvalue weighted by Crippen LogP contribution is 2.46. The summed E-state index contributed by atoms with van der Waals surface area (Å²) in [5.41, 5.74) is 0. The highest BCUT2D eigenvalue weighted by atomic mass is 16.7. The molecule has 13 heavy (non-hydrogen) atoms. The minimum absolute atomic E-state index is 0.283. The minimum Gasteiger partial charge on any atom is -0.396 e. The third-order valence-corrected chi connectivity index (χ3v) is 3.54. The maximum atomic E-state index is 8.89. The minimum atomic E-state index is -0.292. The molecule has 2 aliphatic rings. The Morgan fingerprint density at radius 3 is 2.69 bits per heavy atom. The largest absolute Gasteiger partial charge is 0.396 e. The van der Waals surface area contributed by atoms with Gasteiger partial charge < -0.3 is 14.6 Å². The average molecular weight is 186 g/mol. The van der Waals surface area contributed by atoms with Crippen LogP contribution in [0.15, 0.2) is 0 Å². The zero-order valence-electron chi connectivity index (χ0n) is 8.16. The van der Waals surface area contributed by atoms with Crippen LogP contribution >= 0.6 is 0 Å². The van der Waals surface area contributed by atoms with E-state index in [1.165, 1.54) is 0 Å². The number of aliphatic hydroxyl groups is 1. The number of hydrogen-bond donors (Lipinski definition) is 1. The lowest BCUT2D eigenvalue weighted by molar-refractivity contribution is -0.182. The molecule has 3 nitrogen and oxygen atoms in total. The quantitative estimate of drug-likeness (QED) is 0.703. The number of rotatable bonds is 2. The van der Waals surface area contributed by atoms with Gasteiger partial charge in [0.2, 0.25) is 0 Å². The van der Waals surface area contributed by atoms with E-state index in [-0.39, 0.29) is 12.4 Å². The van der Waals surface area contributed by atoms with Crippen LogP contribution in [-0.4, -0.2) is 30.7 Å². The molecule has 1 spiro atoms. The van der Waals surface area contributed by atoms with Gasteiger partial charge in [-0.15, -0.1) is 0 Å². The van der Waals surface area contributed by atoms with Crippen molar-refractivity contribution in [3.05, 3.63) is 0 Å². The van der Waals surface area contributed by atoms with Crippen LogP contribution in [0.4, 0.5) is 0 Å². The summed E-state index contributed by atoms with van der Waals surface area (Å²) in [6.07, 6.45) is 3.01. The van der Waals surface area contributed by atoms with Crippen molar-refractivity contribution >= 4 is 0 Å². The van der Waals surface area contributed by atoms with Gasteiger partial charge in [-0.25, -0.2) is 0 Å². The summed E-state index contributed by atoms with van der Waals surface area (Å²) in [6, 6.07) is 0. The molecule has 1 saturated heterocycles. The lowest BCUT2D eigenvalue weighted by Gasteiger charge is -2.28. The van der Waals surface area contributed by atoms with Gasteiger partial charge in [-0.2, -0.15) is 0 Å². The first-order valence-electron chi connectivity index (χ1n) is 5.17. The molecule has 3 heteroatoms. The second-order valence-corrected chi connectivity index (χ2v) is 4.11. The second-order valence-electron chi connectivity index (χ2n) is 4.11. The molecule has 0 bridgehead atoms. The maximum Gasteiger partial charge on any atom is 0.171 e. The fourth-order valence-corrected chi connectivity index (χ4v) is 2.66. The molecule has 2 rings (SSSR count). The fraction of sp³-hybridized carbons (Fsp3) is 1.00. The molecule has 1 N–H and O–H groups in total. The van der Waals surface area contributed by atoms with E-state index < -0.39 is 0 Å². The zero-order chi connectivity index (χ0) is 9.31. The normalized spacial score (nSPS) is 37.4. The summed E-state index contributed by atoms with van der Waals surface area (Å²) in [6.45, 7) is 3.93. The highest BCUT2D eigenvalue weighted by Gasteiger charge is 2.49. The van der Waals surface area contributed by atoms with Crippen LogP contribution in [0, 0.1) is 11.8 Å². The van der Waals surface area contributed by atoms with E-state index >= 15 is 0 Å². The summed E-state index contributed by atoms with van der Waals surface area (Å²) in [7, 11) is 0. The molecule has 2 fully saturated rings. The average Bonchev–Trinajstić information content (AvgIpc) is 2.70. The van der Waals surface area contributed by atoms with Crippen LogP contribution in [0.5, 0.6) is 0 Å². The Bertz CT molecular complexity index is 175. The van der Waals surface area contributed by atoms with Crippen LogP contribution in [-0.2, 0) is 9.47 Å². The first-order chi connectivity index (χ1) is 6.28. The van der Waals surface area contributed by atoms with Crippen molar-refractivity contribution in [2.75, 3.05) is 19.8 Å². The first-order valence-corrected chi connectivity index (χ1v) is 5.17. The summed E-state index contributed by atoms with van der Waals surface area (Å²) < 4.78 is 11.4. The maximum absolute atomic E-state index is 8.89. The number of hydrogen-bond acceptors (Lipinski definition) is 3. The molecule has 0 aromatic heterocycles. The van der Waals surface area contributed by atoms with Gasteiger partial charge in [-0.1, -0.05) is 6.92 Å². The summed E-state index contributed by atoms with van der Waals surface area (Å²) >= 11 is 0. The Balaban J connectivity index is 2.01. The molecule has 1 unspecified atom stereocenters. The molecular weight excluding hydrogens is 168 g/mol. The van der Waals surface area contributed by atoms with E-state index in [0.29, 0.717) is 11.8 Å². The van der Waals surface area contributed by atoms with E-state index in [4.69, 9.17) is 14.6 Å².